The van der Waals surface area contributed by atoms with Crippen LogP contribution in [0.5, 0.6) is 0 Å². The highest BCUT2D eigenvalue weighted by atomic mass is 16.4. The molecule has 0 unspecified atom stereocenters. The van der Waals surface area contributed by atoms with Crippen LogP contribution in [0.2, 0.25) is 0 Å². The van der Waals surface area contributed by atoms with Gasteiger partial charge in [0.05, 0.1) is 11.8 Å². The van der Waals surface area contributed by atoms with Crippen molar-refractivity contribution < 1.29 is 5.21 Å². The van der Waals surface area contributed by atoms with Gasteiger partial charge >= 0.3 is 0 Å². The Morgan fingerprint density at radius 2 is 2.00 bits per heavy atom. The average Bonchev–Trinajstić information content (AvgIpc) is 2.28. The van der Waals surface area contributed by atoms with Gasteiger partial charge in [-0.25, -0.2) is 0 Å². The molecule has 102 valence electrons. The maximum Gasteiger partial charge on any atom is 0.0734 e. The van der Waals surface area contributed by atoms with E-state index >= 15 is 0 Å². The second kappa shape index (κ2) is 4.72. The fourth-order valence-corrected chi connectivity index (χ4v) is 3.16. The van der Waals surface area contributed by atoms with Crippen molar-refractivity contribution in [2.75, 3.05) is 4.90 Å². The highest BCUT2D eigenvalue weighted by Crippen LogP contribution is 2.40. The van der Waals surface area contributed by atoms with Crippen molar-refractivity contribution in [1.82, 2.24) is 0 Å². The second-order valence-corrected chi connectivity index (χ2v) is 5.97. The molecule has 1 aliphatic heterocycles. The van der Waals surface area contributed by atoms with Gasteiger partial charge in [0.25, 0.3) is 0 Å². The first-order chi connectivity index (χ1) is 8.86. The van der Waals surface area contributed by atoms with Gasteiger partial charge in [0.15, 0.2) is 0 Å². The zero-order valence-corrected chi connectivity index (χ0v) is 12.3. The molecule has 1 aromatic rings. The third-order valence-corrected chi connectivity index (χ3v) is 3.62. The molecule has 1 aliphatic rings. The molecule has 0 saturated heterocycles. The summed E-state index contributed by atoms with van der Waals surface area (Å²) in [6.45, 7) is 11.0. The average molecular weight is 258 g/mol. The highest BCUT2D eigenvalue weighted by molar-refractivity contribution is 5.87. The Bertz CT molecular complexity index is 542. The van der Waals surface area contributed by atoms with E-state index in [0.29, 0.717) is 6.04 Å². The lowest BCUT2D eigenvalue weighted by molar-refractivity contribution is 0.322. The van der Waals surface area contributed by atoms with Gasteiger partial charge in [-0.3, -0.25) is 0 Å². The molecule has 0 aromatic heterocycles. The summed E-state index contributed by atoms with van der Waals surface area (Å²) in [5.41, 5.74) is 4.65. The molecule has 0 amide bonds. The van der Waals surface area contributed by atoms with Gasteiger partial charge in [-0.15, -0.1) is 0 Å². The van der Waals surface area contributed by atoms with Crippen LogP contribution in [0.25, 0.3) is 5.57 Å². The smallest absolute Gasteiger partial charge is 0.0734 e. The van der Waals surface area contributed by atoms with Crippen LogP contribution in [0.3, 0.4) is 0 Å². The van der Waals surface area contributed by atoms with Gasteiger partial charge in [0.1, 0.15) is 0 Å². The van der Waals surface area contributed by atoms with Crippen molar-refractivity contribution in [2.24, 2.45) is 5.16 Å². The summed E-state index contributed by atoms with van der Waals surface area (Å²) in [7, 11) is 0. The van der Waals surface area contributed by atoms with Crippen LogP contribution in [-0.2, 0) is 0 Å². The third-order valence-electron chi connectivity index (χ3n) is 3.62. The van der Waals surface area contributed by atoms with Crippen LogP contribution in [-0.4, -0.2) is 23.0 Å². The summed E-state index contributed by atoms with van der Waals surface area (Å²) in [5.74, 6) is 0. The molecular formula is C16H22N2O. The maximum atomic E-state index is 8.66. The Morgan fingerprint density at radius 3 is 2.58 bits per heavy atom. The minimum Gasteiger partial charge on any atom is -0.411 e. The fraction of sp³-hybridized carbons (Fsp3) is 0.438. The molecule has 1 N–H and O–H groups in total. The van der Waals surface area contributed by atoms with E-state index in [4.69, 9.17) is 5.21 Å². The van der Waals surface area contributed by atoms with Crippen LogP contribution in [0, 0.1) is 0 Å². The van der Waals surface area contributed by atoms with Gasteiger partial charge in [0, 0.05) is 17.3 Å². The van der Waals surface area contributed by atoms with Crippen molar-refractivity contribution in [2.45, 2.75) is 46.2 Å². The standard InChI is InChI=1S/C16H22N2O/c1-11(2)18-15-7-6-13(10-17-19)8-14(15)12(3)9-16(18,4)5/h6-11,19H,1-5H3/b17-10+. The number of oxime groups is 1. The molecule has 0 spiro atoms. The third kappa shape index (κ3) is 2.37. The number of nitrogens with zero attached hydrogens (tertiary/aromatic N) is 2. The molecule has 2 rings (SSSR count). The van der Waals surface area contributed by atoms with E-state index in [2.05, 4.69) is 62.9 Å². The Kier molecular flexibility index (Phi) is 3.40. The van der Waals surface area contributed by atoms with Crippen molar-refractivity contribution in [1.29, 1.82) is 0 Å². The molecule has 1 heterocycles. The first kappa shape index (κ1) is 13.7. The molecular weight excluding hydrogens is 236 g/mol. The van der Waals surface area contributed by atoms with Crippen molar-refractivity contribution in [3.8, 4) is 0 Å². The summed E-state index contributed by atoms with van der Waals surface area (Å²) in [5, 5.41) is 11.8. The Labute approximate surface area is 115 Å². The lowest BCUT2D eigenvalue weighted by Crippen LogP contribution is -2.49. The summed E-state index contributed by atoms with van der Waals surface area (Å²) in [6, 6.07) is 6.61. The van der Waals surface area contributed by atoms with Crippen LogP contribution in [0.1, 0.15) is 45.7 Å². The SMILES string of the molecule is CC1=CC(C)(C)N(C(C)C)c2ccc(/C=N/O)cc21. The quantitative estimate of drug-likeness (QED) is 0.496. The molecule has 3 nitrogen and oxygen atoms in total. The fourth-order valence-electron chi connectivity index (χ4n) is 3.16. The van der Waals surface area contributed by atoms with Crippen LogP contribution in [0.4, 0.5) is 5.69 Å². The Balaban J connectivity index is 2.61. The molecule has 0 aliphatic carbocycles. The zero-order valence-electron chi connectivity index (χ0n) is 12.3. The van der Waals surface area contributed by atoms with E-state index < -0.39 is 0 Å². The number of rotatable bonds is 2. The van der Waals surface area contributed by atoms with Gasteiger partial charge in [-0.05, 0) is 57.9 Å². The number of hydrogen-bond donors (Lipinski definition) is 1. The number of anilines is 1. The maximum absolute atomic E-state index is 8.66. The van der Waals surface area contributed by atoms with Crippen LogP contribution in [0.15, 0.2) is 29.4 Å². The molecule has 0 fully saturated rings. The van der Waals surface area contributed by atoms with E-state index in [0.717, 1.165) is 5.56 Å². The van der Waals surface area contributed by atoms with E-state index in [1.165, 1.54) is 23.0 Å². The van der Waals surface area contributed by atoms with Crippen LogP contribution >= 0.6 is 0 Å². The summed E-state index contributed by atoms with van der Waals surface area (Å²) in [4.78, 5) is 2.43. The normalized spacial score (nSPS) is 17.8. The van der Waals surface area contributed by atoms with Gasteiger partial charge < -0.3 is 10.1 Å². The largest absolute Gasteiger partial charge is 0.411 e. The first-order valence-electron chi connectivity index (χ1n) is 6.67. The van der Waals surface area contributed by atoms with Gasteiger partial charge in [0.2, 0.25) is 0 Å². The molecule has 0 saturated carbocycles. The highest BCUT2D eigenvalue weighted by Gasteiger charge is 2.32. The number of benzene rings is 1. The predicted molar refractivity (Wildman–Crippen MR) is 81.2 cm³/mol. The lowest BCUT2D eigenvalue weighted by atomic mass is 9.87. The number of fused-ring (bicyclic) bond motifs is 1. The first-order valence-corrected chi connectivity index (χ1v) is 6.67. The summed E-state index contributed by atoms with van der Waals surface area (Å²) in [6.07, 6.45) is 3.77. The minimum atomic E-state index is 0.0117. The van der Waals surface area contributed by atoms with E-state index in [1.54, 1.807) is 0 Å². The second-order valence-electron chi connectivity index (χ2n) is 5.97. The van der Waals surface area contributed by atoms with Crippen molar-refractivity contribution >= 4 is 17.5 Å². The monoisotopic (exact) mass is 258 g/mol. The van der Waals surface area contributed by atoms with E-state index in [-0.39, 0.29) is 5.54 Å². The molecule has 1 aromatic carbocycles. The Hall–Kier alpha value is -1.77. The minimum absolute atomic E-state index is 0.0117. The van der Waals surface area contributed by atoms with Gasteiger partial charge in [-0.2, -0.15) is 0 Å². The summed E-state index contributed by atoms with van der Waals surface area (Å²) < 4.78 is 0. The van der Waals surface area contributed by atoms with Crippen molar-refractivity contribution in [3.63, 3.8) is 0 Å². The number of hydrogen-bond acceptors (Lipinski definition) is 3. The zero-order chi connectivity index (χ0) is 14.2. The molecule has 0 atom stereocenters. The molecule has 0 bridgehead atoms. The molecule has 0 radical (unpaired) electrons. The van der Waals surface area contributed by atoms with Crippen molar-refractivity contribution in [3.05, 3.63) is 35.4 Å². The number of allylic oxidation sites excluding steroid dienone is 1. The van der Waals surface area contributed by atoms with E-state index in [1.807, 2.05) is 6.07 Å². The predicted octanol–water partition coefficient (Wildman–Crippen LogP) is 3.91. The van der Waals surface area contributed by atoms with E-state index in [9.17, 15) is 0 Å². The topological polar surface area (TPSA) is 35.8 Å². The van der Waals surface area contributed by atoms with Crippen LogP contribution < -0.4 is 4.90 Å². The van der Waals surface area contributed by atoms with Gasteiger partial charge in [-0.1, -0.05) is 17.3 Å². The Morgan fingerprint density at radius 1 is 1.32 bits per heavy atom. The lowest BCUT2D eigenvalue weighted by Gasteiger charge is -2.46. The molecule has 19 heavy (non-hydrogen) atoms. The molecule has 3 heteroatoms. The summed E-state index contributed by atoms with van der Waals surface area (Å²) >= 11 is 0.